The number of aliphatic hydroxyl groups is 1. The lowest BCUT2D eigenvalue weighted by Crippen LogP contribution is -2.46. The third-order valence-electron chi connectivity index (χ3n) is 9.96. The van der Waals surface area contributed by atoms with Gasteiger partial charge in [-0.2, -0.15) is 8.42 Å². The number of carbonyl (C=O) groups excluding carboxylic acids is 1. The van der Waals surface area contributed by atoms with E-state index in [2.05, 4.69) is 19.2 Å². The molecule has 49 heavy (non-hydrogen) atoms. The molecule has 0 bridgehead atoms. The lowest BCUT2D eigenvalue weighted by Gasteiger charge is -2.21. The van der Waals surface area contributed by atoms with Crippen LogP contribution in [0.5, 0.6) is 0 Å². The van der Waals surface area contributed by atoms with Gasteiger partial charge in [0.05, 0.1) is 17.9 Å². The molecule has 2 unspecified atom stereocenters. The van der Waals surface area contributed by atoms with Crippen molar-refractivity contribution in [3.8, 4) is 0 Å². The first kappa shape index (κ1) is 48.1. The van der Waals surface area contributed by atoms with Crippen molar-refractivity contribution in [3.63, 3.8) is 0 Å². The molecule has 0 saturated heterocycles. The average Bonchev–Trinajstić information content (AvgIpc) is 3.06. The highest BCUT2D eigenvalue weighted by atomic mass is 32.2. The van der Waals surface area contributed by atoms with Crippen molar-refractivity contribution in [2.24, 2.45) is 0 Å². The van der Waals surface area contributed by atoms with E-state index in [1.807, 2.05) is 6.08 Å². The van der Waals surface area contributed by atoms with Crippen molar-refractivity contribution in [1.82, 2.24) is 5.32 Å². The van der Waals surface area contributed by atoms with Gasteiger partial charge in [0, 0.05) is 6.42 Å². The molecule has 0 heterocycles. The molecule has 0 aliphatic rings. The highest BCUT2D eigenvalue weighted by Gasteiger charge is 2.24. The summed E-state index contributed by atoms with van der Waals surface area (Å²) in [7, 11) is -4.34. The number of hydrogen-bond donors (Lipinski definition) is 3. The summed E-state index contributed by atoms with van der Waals surface area (Å²) in [6.07, 6.45) is 44.8. The minimum atomic E-state index is -4.34. The average molecular weight is 714 g/mol. The van der Waals surface area contributed by atoms with Crippen LogP contribution in [0.4, 0.5) is 0 Å². The Balaban J connectivity index is 3.86. The summed E-state index contributed by atoms with van der Waals surface area (Å²) >= 11 is 0. The van der Waals surface area contributed by atoms with Crippen LogP contribution in [-0.4, -0.2) is 41.9 Å². The van der Waals surface area contributed by atoms with E-state index in [0.29, 0.717) is 6.42 Å². The summed E-state index contributed by atoms with van der Waals surface area (Å²) in [5.41, 5.74) is 0. The molecule has 3 N–H and O–H groups in total. The van der Waals surface area contributed by atoms with Gasteiger partial charge in [0.25, 0.3) is 10.1 Å². The van der Waals surface area contributed by atoms with Gasteiger partial charge in [-0.05, 0) is 19.3 Å². The molecular weight excluding hydrogens is 631 g/mol. The van der Waals surface area contributed by atoms with E-state index in [9.17, 15) is 22.9 Å². The van der Waals surface area contributed by atoms with Crippen molar-refractivity contribution in [2.45, 2.75) is 244 Å². The predicted molar refractivity (Wildman–Crippen MR) is 212 cm³/mol. The quantitative estimate of drug-likeness (QED) is 0.0334. The van der Waals surface area contributed by atoms with E-state index < -0.39 is 28.0 Å². The number of carbonyl (C=O) groups is 1. The molecule has 0 aromatic carbocycles. The summed E-state index contributed by atoms with van der Waals surface area (Å²) in [5.74, 6) is -0.966. The molecule has 6 nitrogen and oxygen atoms in total. The third-order valence-corrected chi connectivity index (χ3v) is 10.7. The van der Waals surface area contributed by atoms with Gasteiger partial charge in [-0.25, -0.2) is 0 Å². The Morgan fingerprint density at radius 2 is 0.837 bits per heavy atom. The Labute approximate surface area is 305 Å². The molecule has 0 fully saturated rings. The zero-order chi connectivity index (χ0) is 36.1. The maximum absolute atomic E-state index is 12.5. The second kappa shape index (κ2) is 36.9. The van der Waals surface area contributed by atoms with Gasteiger partial charge in [0.2, 0.25) is 5.91 Å². The topological polar surface area (TPSA) is 104 Å². The van der Waals surface area contributed by atoms with Crippen LogP contribution in [0.3, 0.4) is 0 Å². The van der Waals surface area contributed by atoms with Gasteiger partial charge in [-0.3, -0.25) is 9.35 Å². The van der Waals surface area contributed by atoms with Crippen LogP contribution in [0.1, 0.15) is 232 Å². The van der Waals surface area contributed by atoms with E-state index in [0.717, 1.165) is 38.5 Å². The highest BCUT2D eigenvalue weighted by molar-refractivity contribution is 7.85. The number of hydrogen-bond acceptors (Lipinski definition) is 4. The van der Waals surface area contributed by atoms with Crippen molar-refractivity contribution in [3.05, 3.63) is 12.2 Å². The smallest absolute Gasteiger partial charge is 0.267 e. The molecule has 0 aromatic rings. The monoisotopic (exact) mass is 714 g/mol. The van der Waals surface area contributed by atoms with Crippen molar-refractivity contribution < 1.29 is 22.9 Å². The summed E-state index contributed by atoms with van der Waals surface area (Å²) in [6, 6.07) is -1.05. The first-order chi connectivity index (χ1) is 23.8. The van der Waals surface area contributed by atoms with E-state index in [1.165, 1.54) is 173 Å². The Hall–Kier alpha value is -0.920. The standard InChI is InChI=1S/C42H83NO5S/c1-3-5-7-9-11-13-15-17-19-20-21-22-24-25-27-29-31-33-35-37-41(44)40(39-49(46,47)48)43-42(45)38-36-34-32-30-28-26-23-18-16-14-12-10-8-6-4-2/h35,37,40-41,44H,3-34,36,38-39H2,1-2H3,(H,43,45)(H,46,47,48)/b37-35+. The lowest BCUT2D eigenvalue weighted by molar-refractivity contribution is -0.122. The second-order valence-corrected chi connectivity index (χ2v) is 16.5. The lowest BCUT2D eigenvalue weighted by atomic mass is 10.0. The van der Waals surface area contributed by atoms with E-state index >= 15 is 0 Å². The molecule has 0 aromatic heterocycles. The molecule has 1 amide bonds. The van der Waals surface area contributed by atoms with Gasteiger partial charge in [0.1, 0.15) is 0 Å². The number of nitrogens with one attached hydrogen (secondary N) is 1. The van der Waals surface area contributed by atoms with Crippen LogP contribution < -0.4 is 5.32 Å². The van der Waals surface area contributed by atoms with Crippen LogP contribution >= 0.6 is 0 Å². The molecule has 0 saturated carbocycles. The second-order valence-electron chi connectivity index (χ2n) is 15.0. The minimum Gasteiger partial charge on any atom is -0.387 e. The summed E-state index contributed by atoms with van der Waals surface area (Å²) < 4.78 is 32.5. The van der Waals surface area contributed by atoms with E-state index in [-0.39, 0.29) is 5.91 Å². The van der Waals surface area contributed by atoms with Gasteiger partial charge < -0.3 is 10.4 Å². The van der Waals surface area contributed by atoms with Crippen molar-refractivity contribution >= 4 is 16.0 Å². The van der Waals surface area contributed by atoms with Crippen LogP contribution in [0.15, 0.2) is 12.2 Å². The first-order valence-corrected chi connectivity index (χ1v) is 23.0. The number of amides is 1. The molecule has 0 aliphatic carbocycles. The normalized spacial score (nSPS) is 13.3. The Kier molecular flexibility index (Phi) is 36.2. The Bertz CT molecular complexity index is 831. The summed E-state index contributed by atoms with van der Waals surface area (Å²) in [5, 5.41) is 13.2. The van der Waals surface area contributed by atoms with Crippen LogP contribution in [0, 0.1) is 0 Å². The van der Waals surface area contributed by atoms with Crippen molar-refractivity contribution in [1.29, 1.82) is 0 Å². The fourth-order valence-electron chi connectivity index (χ4n) is 6.75. The maximum Gasteiger partial charge on any atom is 0.267 e. The largest absolute Gasteiger partial charge is 0.387 e. The SMILES string of the molecule is CCCCCCCCCCCCCCCCCCC/C=C/C(O)C(CS(=O)(=O)O)NC(=O)CCCCCCCCCCCCCCCCC. The zero-order valence-corrected chi connectivity index (χ0v) is 33.4. The van der Waals surface area contributed by atoms with E-state index in [4.69, 9.17) is 0 Å². The first-order valence-electron chi connectivity index (χ1n) is 21.4. The van der Waals surface area contributed by atoms with Crippen LogP contribution in [0.25, 0.3) is 0 Å². The fourth-order valence-corrected chi connectivity index (χ4v) is 7.48. The third kappa shape index (κ3) is 38.1. The van der Waals surface area contributed by atoms with Crippen molar-refractivity contribution in [2.75, 3.05) is 5.75 Å². The number of allylic oxidation sites excluding steroid dienone is 1. The molecule has 2 atom stereocenters. The number of aliphatic hydroxyl groups excluding tert-OH is 1. The predicted octanol–water partition coefficient (Wildman–Crippen LogP) is 12.6. The molecule has 0 aliphatic heterocycles. The minimum absolute atomic E-state index is 0.274. The summed E-state index contributed by atoms with van der Waals surface area (Å²) in [6.45, 7) is 4.53. The van der Waals surface area contributed by atoms with Crippen LogP contribution in [0.2, 0.25) is 0 Å². The number of unbranched alkanes of at least 4 members (excludes halogenated alkanes) is 31. The Morgan fingerprint density at radius 1 is 0.531 bits per heavy atom. The molecule has 0 rings (SSSR count). The van der Waals surface area contributed by atoms with Crippen LogP contribution in [-0.2, 0) is 14.9 Å². The number of rotatable bonds is 39. The molecular formula is C42H83NO5S. The summed E-state index contributed by atoms with van der Waals surface area (Å²) in [4.78, 5) is 12.5. The molecule has 292 valence electrons. The van der Waals surface area contributed by atoms with Gasteiger partial charge in [-0.15, -0.1) is 0 Å². The molecule has 7 heteroatoms. The maximum atomic E-state index is 12.5. The van der Waals surface area contributed by atoms with Gasteiger partial charge >= 0.3 is 0 Å². The Morgan fingerprint density at radius 3 is 1.16 bits per heavy atom. The van der Waals surface area contributed by atoms with Gasteiger partial charge in [-0.1, -0.05) is 219 Å². The molecule has 0 spiro atoms. The zero-order valence-electron chi connectivity index (χ0n) is 32.6. The molecule has 0 radical (unpaired) electrons. The fraction of sp³-hybridized carbons (Fsp3) is 0.929. The highest BCUT2D eigenvalue weighted by Crippen LogP contribution is 2.16. The van der Waals surface area contributed by atoms with E-state index in [1.54, 1.807) is 6.08 Å². The van der Waals surface area contributed by atoms with Gasteiger partial charge in [0.15, 0.2) is 0 Å².